The Morgan fingerprint density at radius 2 is 2.00 bits per heavy atom. The molecule has 2 aromatic rings. The zero-order valence-corrected chi connectivity index (χ0v) is 10.9. The van der Waals surface area contributed by atoms with E-state index in [2.05, 4.69) is 15.3 Å². The second-order valence-electron chi connectivity index (χ2n) is 4.85. The van der Waals surface area contributed by atoms with Crippen molar-refractivity contribution in [1.82, 2.24) is 9.97 Å². The molecule has 0 aliphatic heterocycles. The van der Waals surface area contributed by atoms with Crippen molar-refractivity contribution in [3.63, 3.8) is 0 Å². The van der Waals surface area contributed by atoms with Gasteiger partial charge in [-0.05, 0) is 37.0 Å². The summed E-state index contributed by atoms with van der Waals surface area (Å²) in [4.78, 5) is 20.4. The van der Waals surface area contributed by atoms with E-state index in [9.17, 15) is 9.18 Å². The molecule has 102 valence electrons. The van der Waals surface area contributed by atoms with E-state index in [1.54, 1.807) is 12.1 Å². The van der Waals surface area contributed by atoms with Crippen molar-refractivity contribution >= 4 is 11.7 Å². The molecule has 1 amide bonds. The Balaban J connectivity index is 1.70. The third kappa shape index (κ3) is 2.66. The van der Waals surface area contributed by atoms with Crippen LogP contribution in [0.3, 0.4) is 0 Å². The Kier molecular flexibility index (Phi) is 3.41. The van der Waals surface area contributed by atoms with Crippen LogP contribution in [0.25, 0.3) is 0 Å². The molecule has 1 heterocycles. The number of rotatable bonds is 3. The summed E-state index contributed by atoms with van der Waals surface area (Å²) in [6.45, 7) is 0. The van der Waals surface area contributed by atoms with Crippen molar-refractivity contribution < 1.29 is 9.18 Å². The molecule has 0 atom stereocenters. The molecule has 1 aliphatic rings. The molecule has 0 fully saturated rings. The van der Waals surface area contributed by atoms with Gasteiger partial charge < -0.3 is 5.32 Å². The van der Waals surface area contributed by atoms with Crippen LogP contribution in [0.5, 0.6) is 0 Å². The molecule has 0 spiro atoms. The Labute approximate surface area is 116 Å². The first-order valence-electron chi connectivity index (χ1n) is 6.59. The van der Waals surface area contributed by atoms with Gasteiger partial charge in [0, 0.05) is 11.3 Å². The number of aryl methyl sites for hydroxylation is 1. The number of nitrogens with zero attached hydrogens (tertiary/aromatic N) is 2. The van der Waals surface area contributed by atoms with E-state index in [0.29, 0.717) is 5.82 Å². The lowest BCUT2D eigenvalue weighted by molar-refractivity contribution is -0.115. The van der Waals surface area contributed by atoms with Crippen LogP contribution in [0.2, 0.25) is 0 Å². The summed E-state index contributed by atoms with van der Waals surface area (Å²) in [5, 5.41) is 2.82. The average Bonchev–Trinajstić information content (AvgIpc) is 2.91. The lowest BCUT2D eigenvalue weighted by atomic mass is 10.1. The van der Waals surface area contributed by atoms with Gasteiger partial charge in [0.1, 0.15) is 18.0 Å². The first-order chi connectivity index (χ1) is 9.72. The van der Waals surface area contributed by atoms with Crippen molar-refractivity contribution in [3.05, 3.63) is 53.2 Å². The molecular weight excluding hydrogens is 257 g/mol. The quantitative estimate of drug-likeness (QED) is 0.931. The molecule has 1 aliphatic carbocycles. The van der Waals surface area contributed by atoms with Crippen LogP contribution in [0.4, 0.5) is 10.2 Å². The van der Waals surface area contributed by atoms with Gasteiger partial charge in [-0.2, -0.15) is 0 Å². The Morgan fingerprint density at radius 1 is 1.20 bits per heavy atom. The normalized spacial score (nSPS) is 13.1. The highest BCUT2D eigenvalue weighted by Gasteiger charge is 2.18. The van der Waals surface area contributed by atoms with Crippen molar-refractivity contribution in [3.8, 4) is 0 Å². The first-order valence-corrected chi connectivity index (χ1v) is 6.59. The van der Waals surface area contributed by atoms with Gasteiger partial charge in [-0.25, -0.2) is 14.4 Å². The molecule has 0 saturated heterocycles. The van der Waals surface area contributed by atoms with Gasteiger partial charge >= 0.3 is 0 Å². The molecule has 3 rings (SSSR count). The number of hydrogen-bond acceptors (Lipinski definition) is 3. The minimum absolute atomic E-state index is 0.149. The summed E-state index contributed by atoms with van der Waals surface area (Å²) < 4.78 is 12.8. The second kappa shape index (κ2) is 5.36. The standard InChI is InChI=1S/C15H14FN3O/c16-11-6-4-10(5-7-11)8-14(20)19-15-12-2-1-3-13(12)17-9-18-15/h4-7,9H,1-3,8H2,(H,17,18,19,20). The van der Waals surface area contributed by atoms with E-state index in [0.717, 1.165) is 36.1 Å². The number of fused-ring (bicyclic) bond motifs is 1. The third-order valence-corrected chi connectivity index (χ3v) is 3.41. The molecule has 20 heavy (non-hydrogen) atoms. The van der Waals surface area contributed by atoms with Gasteiger partial charge in [-0.15, -0.1) is 0 Å². The van der Waals surface area contributed by atoms with Crippen LogP contribution in [0.15, 0.2) is 30.6 Å². The van der Waals surface area contributed by atoms with Gasteiger partial charge in [-0.1, -0.05) is 12.1 Å². The van der Waals surface area contributed by atoms with Gasteiger partial charge in [0.15, 0.2) is 0 Å². The van der Waals surface area contributed by atoms with Gasteiger partial charge in [0.25, 0.3) is 0 Å². The van der Waals surface area contributed by atoms with E-state index >= 15 is 0 Å². The van der Waals surface area contributed by atoms with E-state index < -0.39 is 0 Å². The maximum absolute atomic E-state index is 12.8. The van der Waals surface area contributed by atoms with Crippen molar-refractivity contribution in [1.29, 1.82) is 0 Å². The number of benzene rings is 1. The minimum Gasteiger partial charge on any atom is -0.310 e. The zero-order valence-electron chi connectivity index (χ0n) is 10.9. The Bertz CT molecular complexity index is 640. The fourth-order valence-electron chi connectivity index (χ4n) is 2.43. The van der Waals surface area contributed by atoms with Crippen molar-refractivity contribution in [2.45, 2.75) is 25.7 Å². The van der Waals surface area contributed by atoms with E-state index in [-0.39, 0.29) is 18.1 Å². The largest absolute Gasteiger partial charge is 0.310 e. The highest BCUT2D eigenvalue weighted by molar-refractivity contribution is 5.92. The topological polar surface area (TPSA) is 54.9 Å². The number of hydrogen-bond donors (Lipinski definition) is 1. The van der Waals surface area contributed by atoms with Gasteiger partial charge in [0.2, 0.25) is 5.91 Å². The molecule has 0 unspecified atom stereocenters. The SMILES string of the molecule is O=C(Cc1ccc(F)cc1)Nc1ncnc2c1CCC2. The van der Waals surface area contributed by atoms with Crippen molar-refractivity contribution in [2.75, 3.05) is 5.32 Å². The summed E-state index contributed by atoms with van der Waals surface area (Å²) in [7, 11) is 0. The number of halogens is 1. The number of amides is 1. The summed E-state index contributed by atoms with van der Waals surface area (Å²) in [5.74, 6) is 0.159. The van der Waals surface area contributed by atoms with Gasteiger partial charge in [-0.3, -0.25) is 4.79 Å². The predicted octanol–water partition coefficient (Wildman–Crippen LogP) is 2.29. The summed E-state index contributed by atoms with van der Waals surface area (Å²) in [6.07, 6.45) is 4.59. The number of aromatic nitrogens is 2. The second-order valence-corrected chi connectivity index (χ2v) is 4.85. The number of carbonyl (C=O) groups is 1. The van der Waals surface area contributed by atoms with Crippen LogP contribution in [-0.2, 0) is 24.1 Å². The lowest BCUT2D eigenvalue weighted by Crippen LogP contribution is -2.17. The summed E-state index contributed by atoms with van der Waals surface area (Å²) >= 11 is 0. The smallest absolute Gasteiger partial charge is 0.229 e. The highest BCUT2D eigenvalue weighted by Crippen LogP contribution is 2.25. The Morgan fingerprint density at radius 3 is 2.80 bits per heavy atom. The van der Waals surface area contributed by atoms with Crippen LogP contribution < -0.4 is 5.32 Å². The van der Waals surface area contributed by atoms with Crippen LogP contribution in [0, 0.1) is 5.82 Å². The predicted molar refractivity (Wildman–Crippen MR) is 72.8 cm³/mol. The number of anilines is 1. The molecular formula is C15H14FN3O. The number of nitrogens with one attached hydrogen (secondary N) is 1. The Hall–Kier alpha value is -2.30. The van der Waals surface area contributed by atoms with E-state index in [4.69, 9.17) is 0 Å². The molecule has 0 saturated carbocycles. The lowest BCUT2D eigenvalue weighted by Gasteiger charge is -2.08. The zero-order chi connectivity index (χ0) is 13.9. The molecule has 5 heteroatoms. The molecule has 1 N–H and O–H groups in total. The molecule has 1 aromatic carbocycles. The maximum atomic E-state index is 12.8. The highest BCUT2D eigenvalue weighted by atomic mass is 19.1. The fourth-order valence-corrected chi connectivity index (χ4v) is 2.43. The fraction of sp³-hybridized carbons (Fsp3) is 0.267. The average molecular weight is 271 g/mol. The molecule has 0 radical (unpaired) electrons. The van der Waals surface area contributed by atoms with E-state index in [1.807, 2.05) is 0 Å². The molecule has 4 nitrogen and oxygen atoms in total. The summed E-state index contributed by atoms with van der Waals surface area (Å²) in [5.41, 5.74) is 2.84. The molecule has 0 bridgehead atoms. The molecule has 1 aromatic heterocycles. The van der Waals surface area contributed by atoms with Crippen molar-refractivity contribution in [2.24, 2.45) is 0 Å². The minimum atomic E-state index is -0.303. The van der Waals surface area contributed by atoms with Crippen LogP contribution in [-0.4, -0.2) is 15.9 Å². The third-order valence-electron chi connectivity index (χ3n) is 3.41. The van der Waals surface area contributed by atoms with E-state index in [1.165, 1.54) is 18.5 Å². The van der Waals surface area contributed by atoms with Gasteiger partial charge in [0.05, 0.1) is 6.42 Å². The van der Waals surface area contributed by atoms with Crippen LogP contribution >= 0.6 is 0 Å². The van der Waals surface area contributed by atoms with Crippen LogP contribution in [0.1, 0.15) is 23.2 Å². The maximum Gasteiger partial charge on any atom is 0.229 e. The monoisotopic (exact) mass is 271 g/mol. The first kappa shape index (κ1) is 12.7. The number of carbonyl (C=O) groups excluding carboxylic acids is 1. The summed E-state index contributed by atoms with van der Waals surface area (Å²) in [6, 6.07) is 5.93.